The average Bonchev–Trinajstić information content (AvgIpc) is 3.81. The maximum absolute atomic E-state index is 15.6. The number of anilines is 1. The monoisotopic (exact) mass is 787 g/mol. The number of rotatable bonds is 14. The summed E-state index contributed by atoms with van der Waals surface area (Å²) in [5.41, 5.74) is 1.05. The first-order valence-electron chi connectivity index (χ1n) is 15.9. The van der Waals surface area contributed by atoms with Gasteiger partial charge in [-0.1, -0.05) is 29.8 Å². The number of amides is 1. The number of aromatic nitrogens is 4. The predicted octanol–water partition coefficient (Wildman–Crippen LogP) is 2.74. The van der Waals surface area contributed by atoms with Crippen molar-refractivity contribution in [1.29, 1.82) is 5.26 Å². The fourth-order valence-corrected chi connectivity index (χ4v) is 6.69. The van der Waals surface area contributed by atoms with E-state index in [0.29, 0.717) is 38.9 Å². The van der Waals surface area contributed by atoms with Crippen LogP contribution < -0.4 is 28.0 Å². The number of halogens is 4. The summed E-state index contributed by atoms with van der Waals surface area (Å²) >= 11 is 1.19. The quantitative estimate of drug-likeness (QED) is 0.123. The molecule has 5 N–H and O–H groups in total. The Morgan fingerprint density at radius 3 is 2.58 bits per heavy atom. The second-order valence-corrected chi connectivity index (χ2v) is 12.8. The second kappa shape index (κ2) is 19.2. The van der Waals surface area contributed by atoms with E-state index < -0.39 is 41.3 Å². The third-order valence-electron chi connectivity index (χ3n) is 8.13. The lowest BCUT2D eigenvalue weighted by molar-refractivity contribution is -0.393. The van der Waals surface area contributed by atoms with E-state index in [1.807, 2.05) is 6.92 Å². The molecule has 0 saturated carbocycles. The molecule has 0 aliphatic rings. The molecular weight excluding hydrogens is 751 g/mol. The molecule has 0 bridgehead atoms. The Balaban J connectivity index is 0.00000378. The Bertz CT molecular complexity index is 2030. The number of aryl methyl sites for hydroxylation is 1. The smallest absolute Gasteiger partial charge is 0.411 e. The Kier molecular flexibility index (Phi) is 15.4. The van der Waals surface area contributed by atoms with E-state index in [0.717, 1.165) is 23.8 Å². The van der Waals surface area contributed by atoms with Gasteiger partial charge in [0, 0.05) is 33.1 Å². The van der Waals surface area contributed by atoms with Crippen LogP contribution in [0.5, 0.6) is 0 Å². The highest BCUT2D eigenvalue weighted by Gasteiger charge is 2.46. The zero-order valence-corrected chi connectivity index (χ0v) is 31.2. The Morgan fingerprint density at radius 2 is 1.91 bits per heavy atom. The number of ether oxygens (including phenoxy) is 2. The molecule has 1 amide bonds. The lowest BCUT2D eigenvalue weighted by Crippen LogP contribution is -3.00. The molecule has 5 aromatic rings. The maximum Gasteiger partial charge on any atom is 0.411 e. The molecule has 0 aliphatic heterocycles. The van der Waals surface area contributed by atoms with Gasteiger partial charge in [-0.3, -0.25) is 10.1 Å². The first-order chi connectivity index (χ1) is 24.5. The molecule has 3 atom stereocenters. The van der Waals surface area contributed by atoms with Gasteiger partial charge in [-0.25, -0.2) is 23.5 Å². The van der Waals surface area contributed by atoms with Crippen LogP contribution in [0.2, 0.25) is 0 Å². The minimum atomic E-state index is -2.13. The van der Waals surface area contributed by atoms with Gasteiger partial charge in [-0.2, -0.15) is 5.26 Å². The number of hydrogen-bond donors (Lipinski definition) is 4. The SMILES string of the molecule is CNCC(=O)OCc1cc(C)ccc1NC(=O)OC(C)C[C@@H](c1nc(-c2ccc(C#N)cc2)cs1)[C@](O)(Cc1[nH]nc[nH+]1)c1cc(F)ccc1F.Cl.[Cl-]. The number of nitrogens with one attached hydrogen (secondary N) is 4. The topological polar surface area (TPSA) is 176 Å². The third-order valence-corrected chi connectivity index (χ3v) is 9.09. The molecule has 17 heteroatoms. The summed E-state index contributed by atoms with van der Waals surface area (Å²) in [6.45, 7) is 3.41. The number of carbonyl (C=O) groups is 2. The van der Waals surface area contributed by atoms with Crippen molar-refractivity contribution in [3.8, 4) is 17.3 Å². The highest BCUT2D eigenvalue weighted by atomic mass is 35.5. The maximum atomic E-state index is 15.6. The molecule has 0 spiro atoms. The number of esters is 1. The van der Waals surface area contributed by atoms with Crippen LogP contribution >= 0.6 is 23.7 Å². The molecule has 0 saturated heterocycles. The van der Waals surface area contributed by atoms with Crippen LogP contribution in [0.25, 0.3) is 11.3 Å². The second-order valence-electron chi connectivity index (χ2n) is 12.0. The third kappa shape index (κ3) is 10.8. The van der Waals surface area contributed by atoms with Gasteiger partial charge in [-0.05, 0) is 63.7 Å². The molecule has 2 aromatic heterocycles. The van der Waals surface area contributed by atoms with Crippen molar-refractivity contribution in [2.75, 3.05) is 18.9 Å². The molecule has 0 aliphatic carbocycles. The summed E-state index contributed by atoms with van der Waals surface area (Å²) in [6.07, 6.45) is -0.699. The zero-order valence-electron chi connectivity index (χ0n) is 28.8. The van der Waals surface area contributed by atoms with Gasteiger partial charge in [0.2, 0.25) is 5.82 Å². The first kappa shape index (κ1) is 42.4. The van der Waals surface area contributed by atoms with E-state index in [1.165, 1.54) is 17.7 Å². The number of hydrogen-bond acceptors (Lipinski definition) is 10. The van der Waals surface area contributed by atoms with Crippen molar-refractivity contribution in [2.24, 2.45) is 0 Å². The molecule has 12 nitrogen and oxygen atoms in total. The number of aliphatic hydroxyl groups is 1. The Labute approximate surface area is 320 Å². The summed E-state index contributed by atoms with van der Waals surface area (Å²) in [4.78, 5) is 32.9. The molecule has 280 valence electrons. The highest BCUT2D eigenvalue weighted by molar-refractivity contribution is 7.10. The minimum absolute atomic E-state index is 0. The molecule has 2 heterocycles. The van der Waals surface area contributed by atoms with E-state index in [4.69, 9.17) is 14.5 Å². The van der Waals surface area contributed by atoms with Crippen molar-refractivity contribution in [3.63, 3.8) is 0 Å². The summed E-state index contributed by atoms with van der Waals surface area (Å²) in [5.74, 6) is -2.80. The number of H-pyrrole nitrogens is 2. The van der Waals surface area contributed by atoms with E-state index in [9.17, 15) is 24.3 Å². The largest absolute Gasteiger partial charge is 1.00 e. The number of benzene rings is 3. The normalized spacial score (nSPS) is 12.9. The molecular formula is C36H37Cl2F2N7O5S. The average molecular weight is 789 g/mol. The van der Waals surface area contributed by atoms with Crippen LogP contribution in [0.1, 0.15) is 52.3 Å². The van der Waals surface area contributed by atoms with E-state index >= 15 is 4.39 Å². The fraction of sp³-hybridized carbons (Fsp3) is 0.278. The van der Waals surface area contributed by atoms with Crippen molar-refractivity contribution < 1.29 is 50.3 Å². The molecule has 1 unspecified atom stereocenters. The number of thiazole rings is 1. The number of aromatic amines is 2. The number of likely N-dealkylation sites (N-methyl/N-ethyl adjacent to an activating group) is 1. The van der Waals surface area contributed by atoms with Gasteiger partial charge in [0.1, 0.15) is 29.9 Å². The van der Waals surface area contributed by atoms with Gasteiger partial charge in [0.15, 0.2) is 0 Å². The molecule has 3 aromatic carbocycles. The fourth-order valence-electron chi connectivity index (χ4n) is 5.66. The summed E-state index contributed by atoms with van der Waals surface area (Å²) in [5, 5.41) is 36.0. The number of nitrogens with zero attached hydrogens (tertiary/aromatic N) is 3. The molecule has 5 rings (SSSR count). The number of nitriles is 1. The van der Waals surface area contributed by atoms with Crippen LogP contribution in [0.4, 0.5) is 19.3 Å². The Morgan fingerprint density at radius 1 is 1.15 bits per heavy atom. The van der Waals surface area contributed by atoms with E-state index in [-0.39, 0.29) is 56.4 Å². The van der Waals surface area contributed by atoms with Crippen molar-refractivity contribution >= 4 is 41.5 Å². The van der Waals surface area contributed by atoms with E-state index in [1.54, 1.807) is 61.8 Å². The lowest BCUT2D eigenvalue weighted by Gasteiger charge is -2.36. The predicted molar refractivity (Wildman–Crippen MR) is 190 cm³/mol. The van der Waals surface area contributed by atoms with Gasteiger partial charge >= 0.3 is 12.1 Å². The van der Waals surface area contributed by atoms with Gasteiger partial charge in [0.25, 0.3) is 6.33 Å². The van der Waals surface area contributed by atoms with Crippen LogP contribution in [0, 0.1) is 29.9 Å². The lowest BCUT2D eigenvalue weighted by atomic mass is 9.76. The minimum Gasteiger partial charge on any atom is -1.00 e. The van der Waals surface area contributed by atoms with Crippen LogP contribution in [-0.2, 0) is 32.9 Å². The molecule has 53 heavy (non-hydrogen) atoms. The zero-order chi connectivity index (χ0) is 36.5. The van der Waals surface area contributed by atoms with Crippen molar-refractivity contribution in [2.45, 2.75) is 50.9 Å². The van der Waals surface area contributed by atoms with Crippen LogP contribution in [-0.4, -0.2) is 52.0 Å². The van der Waals surface area contributed by atoms with Gasteiger partial charge < -0.3 is 32.3 Å². The molecule has 0 radical (unpaired) electrons. The van der Waals surface area contributed by atoms with E-state index in [2.05, 4.69) is 31.9 Å². The first-order valence-corrected chi connectivity index (χ1v) is 16.8. The summed E-state index contributed by atoms with van der Waals surface area (Å²) < 4.78 is 41.4. The number of carbonyl (C=O) groups excluding carboxylic acids is 2. The molecule has 0 fully saturated rings. The summed E-state index contributed by atoms with van der Waals surface area (Å²) in [6, 6.07) is 16.9. The van der Waals surface area contributed by atoms with Gasteiger partial charge in [0.05, 0.1) is 41.0 Å². The van der Waals surface area contributed by atoms with Crippen molar-refractivity contribution in [1.82, 2.24) is 20.5 Å². The van der Waals surface area contributed by atoms with Crippen LogP contribution in [0.15, 0.2) is 72.4 Å². The highest BCUT2D eigenvalue weighted by Crippen LogP contribution is 2.45. The van der Waals surface area contributed by atoms with Gasteiger partial charge in [-0.15, -0.1) is 28.8 Å². The Hall–Kier alpha value is -4.98. The van der Waals surface area contributed by atoms with Crippen molar-refractivity contribution in [3.05, 3.63) is 117 Å². The standard InChI is InChI=1S/C36H35F2N7O5S.2ClH/c1-21-4-11-30(25(12-21)18-49-33(46)17-40-3)44-35(47)50-22(2)13-28(34-43-31(19-51-34)24-7-5-23(16-39)6-8-24)36(48,15-32-41-20-42-45-32)27-14-26(37)9-10-29(27)38;;/h4-12,14,19-20,22,28,40,48H,13,15,17-18H2,1-3H3,(H,44,47)(H,41,42,45);2*1H/t22?,28-,36-;;/m0../s1. The summed E-state index contributed by atoms with van der Waals surface area (Å²) in [7, 11) is 1.62. The van der Waals surface area contributed by atoms with Crippen LogP contribution in [0.3, 0.4) is 0 Å².